The van der Waals surface area contributed by atoms with Crippen LogP contribution in [0.5, 0.6) is 0 Å². The standard InChI is InChI=1S/C12H20N2O4/c1-5-9(11(13)17)10(7(3)15)6(2)12(18)14-8(4)16/h6,9-10H,5H2,1-4H3,(H2,13,17)(H,14,16,18). The van der Waals surface area contributed by atoms with Gasteiger partial charge in [-0.05, 0) is 13.3 Å². The van der Waals surface area contributed by atoms with Crippen molar-refractivity contribution in [2.24, 2.45) is 23.5 Å². The van der Waals surface area contributed by atoms with Gasteiger partial charge in [0.1, 0.15) is 5.78 Å². The number of ketones is 1. The van der Waals surface area contributed by atoms with Crippen molar-refractivity contribution in [3.05, 3.63) is 0 Å². The first-order valence-corrected chi connectivity index (χ1v) is 5.83. The fourth-order valence-electron chi connectivity index (χ4n) is 2.07. The molecule has 0 aromatic heterocycles. The molecule has 3 atom stereocenters. The van der Waals surface area contributed by atoms with Gasteiger partial charge in [-0.1, -0.05) is 13.8 Å². The van der Waals surface area contributed by atoms with Crippen LogP contribution in [-0.4, -0.2) is 23.5 Å². The van der Waals surface area contributed by atoms with Crippen LogP contribution in [0.3, 0.4) is 0 Å². The van der Waals surface area contributed by atoms with E-state index in [0.717, 1.165) is 0 Å². The molecule has 0 radical (unpaired) electrons. The van der Waals surface area contributed by atoms with Gasteiger partial charge in [0, 0.05) is 24.7 Å². The second-order valence-corrected chi connectivity index (χ2v) is 4.39. The average Bonchev–Trinajstić information content (AvgIpc) is 2.22. The molecule has 0 aromatic carbocycles. The number of Topliss-reactive ketones (excluding diaryl/α,β-unsaturated/α-hetero) is 1. The summed E-state index contributed by atoms with van der Waals surface area (Å²) in [5.41, 5.74) is 5.24. The normalized spacial score (nSPS) is 15.3. The van der Waals surface area contributed by atoms with Crippen LogP contribution in [-0.2, 0) is 19.2 Å². The van der Waals surface area contributed by atoms with Gasteiger partial charge < -0.3 is 5.73 Å². The Kier molecular flexibility index (Phi) is 6.22. The van der Waals surface area contributed by atoms with Crippen LogP contribution >= 0.6 is 0 Å². The summed E-state index contributed by atoms with van der Waals surface area (Å²) >= 11 is 0. The fourth-order valence-corrected chi connectivity index (χ4v) is 2.07. The Morgan fingerprint density at radius 1 is 1.17 bits per heavy atom. The first kappa shape index (κ1) is 16.3. The summed E-state index contributed by atoms with van der Waals surface area (Å²) in [5.74, 6) is -4.23. The molecule has 0 aliphatic heterocycles. The Hall–Kier alpha value is -1.72. The lowest BCUT2D eigenvalue weighted by Crippen LogP contribution is -2.44. The number of hydrogen-bond acceptors (Lipinski definition) is 4. The van der Waals surface area contributed by atoms with Crippen molar-refractivity contribution in [2.45, 2.75) is 34.1 Å². The number of imide groups is 1. The zero-order chi connectivity index (χ0) is 14.5. The van der Waals surface area contributed by atoms with Crippen molar-refractivity contribution in [1.29, 1.82) is 0 Å². The molecule has 0 rings (SSSR count). The van der Waals surface area contributed by atoms with E-state index >= 15 is 0 Å². The molecule has 6 nitrogen and oxygen atoms in total. The molecule has 0 aliphatic rings. The lowest BCUT2D eigenvalue weighted by molar-refractivity contribution is -0.139. The quantitative estimate of drug-likeness (QED) is 0.697. The van der Waals surface area contributed by atoms with E-state index in [1.807, 2.05) is 0 Å². The first-order chi connectivity index (χ1) is 8.22. The zero-order valence-corrected chi connectivity index (χ0v) is 11.1. The summed E-state index contributed by atoms with van der Waals surface area (Å²) in [5, 5.41) is 2.11. The highest BCUT2D eigenvalue weighted by atomic mass is 16.2. The Morgan fingerprint density at radius 3 is 1.94 bits per heavy atom. The topological polar surface area (TPSA) is 106 Å². The molecule has 102 valence electrons. The number of hydrogen-bond donors (Lipinski definition) is 2. The lowest BCUT2D eigenvalue weighted by atomic mass is 9.77. The summed E-state index contributed by atoms with van der Waals surface area (Å²) in [6.07, 6.45) is 0.372. The smallest absolute Gasteiger partial charge is 0.230 e. The molecule has 18 heavy (non-hydrogen) atoms. The van der Waals surface area contributed by atoms with Gasteiger partial charge >= 0.3 is 0 Å². The van der Waals surface area contributed by atoms with Crippen molar-refractivity contribution in [1.82, 2.24) is 5.32 Å². The highest BCUT2D eigenvalue weighted by molar-refractivity contribution is 5.98. The van der Waals surface area contributed by atoms with E-state index in [4.69, 9.17) is 5.73 Å². The third-order valence-electron chi connectivity index (χ3n) is 2.96. The van der Waals surface area contributed by atoms with E-state index in [2.05, 4.69) is 5.32 Å². The predicted octanol–water partition coefficient (Wildman–Crippen LogP) is 0.00190. The monoisotopic (exact) mass is 256 g/mol. The van der Waals surface area contributed by atoms with Gasteiger partial charge in [0.2, 0.25) is 17.7 Å². The molecular formula is C12H20N2O4. The maximum absolute atomic E-state index is 11.7. The third-order valence-corrected chi connectivity index (χ3v) is 2.96. The molecule has 6 heteroatoms. The Bertz CT molecular complexity index is 365. The molecule has 0 saturated heterocycles. The molecule has 0 spiro atoms. The van der Waals surface area contributed by atoms with Crippen molar-refractivity contribution < 1.29 is 19.2 Å². The second-order valence-electron chi connectivity index (χ2n) is 4.39. The van der Waals surface area contributed by atoms with E-state index in [-0.39, 0.29) is 5.78 Å². The summed E-state index contributed by atoms with van der Waals surface area (Å²) in [4.78, 5) is 45.4. The zero-order valence-electron chi connectivity index (χ0n) is 11.1. The number of primary amides is 1. The van der Waals surface area contributed by atoms with E-state index in [1.54, 1.807) is 6.92 Å². The molecule has 3 unspecified atom stereocenters. The minimum Gasteiger partial charge on any atom is -0.369 e. The van der Waals surface area contributed by atoms with Crippen LogP contribution in [0.25, 0.3) is 0 Å². The maximum atomic E-state index is 11.7. The van der Waals surface area contributed by atoms with E-state index < -0.39 is 35.5 Å². The minimum atomic E-state index is -0.799. The van der Waals surface area contributed by atoms with Crippen LogP contribution in [0, 0.1) is 17.8 Å². The lowest BCUT2D eigenvalue weighted by Gasteiger charge is -2.26. The van der Waals surface area contributed by atoms with Gasteiger partial charge in [-0.3, -0.25) is 24.5 Å². The summed E-state index contributed by atoms with van der Waals surface area (Å²) in [6, 6.07) is 0. The van der Waals surface area contributed by atoms with Crippen molar-refractivity contribution in [2.75, 3.05) is 0 Å². The van der Waals surface area contributed by atoms with Gasteiger partial charge in [0.05, 0.1) is 0 Å². The fraction of sp³-hybridized carbons (Fsp3) is 0.667. The molecule has 3 N–H and O–H groups in total. The molecular weight excluding hydrogens is 236 g/mol. The Balaban J connectivity index is 5.11. The van der Waals surface area contributed by atoms with Crippen molar-refractivity contribution in [3.63, 3.8) is 0 Å². The average molecular weight is 256 g/mol. The third kappa shape index (κ3) is 4.27. The van der Waals surface area contributed by atoms with Gasteiger partial charge in [0.25, 0.3) is 0 Å². The molecule has 0 bridgehead atoms. The number of carbonyl (C=O) groups excluding carboxylic acids is 4. The van der Waals surface area contributed by atoms with Crippen LogP contribution in [0.15, 0.2) is 0 Å². The van der Waals surface area contributed by atoms with Crippen LogP contribution in [0.2, 0.25) is 0 Å². The van der Waals surface area contributed by atoms with Gasteiger partial charge in [-0.2, -0.15) is 0 Å². The van der Waals surface area contributed by atoms with Gasteiger partial charge in [0.15, 0.2) is 0 Å². The van der Waals surface area contributed by atoms with E-state index in [9.17, 15) is 19.2 Å². The summed E-state index contributed by atoms with van der Waals surface area (Å²) in [6.45, 7) is 5.75. The highest BCUT2D eigenvalue weighted by Crippen LogP contribution is 2.25. The van der Waals surface area contributed by atoms with Crippen molar-refractivity contribution >= 4 is 23.5 Å². The summed E-state index contributed by atoms with van der Waals surface area (Å²) < 4.78 is 0. The second kappa shape index (κ2) is 6.88. The minimum absolute atomic E-state index is 0.285. The number of nitrogens with two attached hydrogens (primary N) is 1. The highest BCUT2D eigenvalue weighted by Gasteiger charge is 2.36. The number of rotatable bonds is 6. The van der Waals surface area contributed by atoms with Crippen LogP contribution in [0.1, 0.15) is 34.1 Å². The largest absolute Gasteiger partial charge is 0.369 e. The SMILES string of the molecule is CCC(C(N)=O)C(C(C)=O)C(C)C(=O)NC(C)=O. The van der Waals surface area contributed by atoms with Crippen molar-refractivity contribution in [3.8, 4) is 0 Å². The molecule has 0 heterocycles. The van der Waals surface area contributed by atoms with E-state index in [0.29, 0.717) is 6.42 Å². The first-order valence-electron chi connectivity index (χ1n) is 5.83. The molecule has 0 fully saturated rings. The molecule has 3 amide bonds. The molecule has 0 aromatic rings. The van der Waals surface area contributed by atoms with Crippen LogP contribution in [0.4, 0.5) is 0 Å². The number of amides is 3. The Morgan fingerprint density at radius 2 is 1.67 bits per heavy atom. The van der Waals surface area contributed by atoms with E-state index in [1.165, 1.54) is 20.8 Å². The molecule has 0 aliphatic carbocycles. The Labute approximate surface area is 106 Å². The predicted molar refractivity (Wildman–Crippen MR) is 65.1 cm³/mol. The summed E-state index contributed by atoms with van der Waals surface area (Å²) in [7, 11) is 0. The van der Waals surface area contributed by atoms with Gasteiger partial charge in [-0.15, -0.1) is 0 Å². The van der Waals surface area contributed by atoms with Gasteiger partial charge in [-0.25, -0.2) is 0 Å². The maximum Gasteiger partial charge on any atom is 0.230 e. The number of nitrogens with one attached hydrogen (secondary N) is 1. The van der Waals surface area contributed by atoms with Crippen LogP contribution < -0.4 is 11.1 Å². The molecule has 0 saturated carbocycles. The number of carbonyl (C=O) groups is 4.